The minimum absolute atomic E-state index is 0.0803. The van der Waals surface area contributed by atoms with Gasteiger partial charge in [0.1, 0.15) is 0 Å². The molecule has 2 aromatic carbocycles. The molecule has 0 saturated carbocycles. The van der Waals surface area contributed by atoms with Gasteiger partial charge in [0.2, 0.25) is 6.79 Å². The number of ketones is 1. The zero-order valence-electron chi connectivity index (χ0n) is 12.8. The van der Waals surface area contributed by atoms with Crippen LogP contribution in [0.15, 0.2) is 48.5 Å². The van der Waals surface area contributed by atoms with Crippen LogP contribution in [0.4, 0.5) is 0 Å². The number of carbonyl (C=O) groups is 1. The molecule has 4 nitrogen and oxygen atoms in total. The number of hydrogen-bond acceptors (Lipinski definition) is 4. The monoisotopic (exact) mass is 297 g/mol. The van der Waals surface area contributed by atoms with Gasteiger partial charge in [-0.25, -0.2) is 0 Å². The molecule has 0 N–H and O–H groups in total. The minimum atomic E-state index is -0.208. The van der Waals surface area contributed by atoms with Gasteiger partial charge >= 0.3 is 0 Å². The molecule has 0 spiro atoms. The van der Waals surface area contributed by atoms with Crippen LogP contribution in [0.1, 0.15) is 22.8 Å². The summed E-state index contributed by atoms with van der Waals surface area (Å²) in [5.41, 5.74) is 1.84. The fourth-order valence-corrected chi connectivity index (χ4v) is 2.50. The number of nitrogens with zero attached hydrogens (tertiary/aromatic N) is 1. The van der Waals surface area contributed by atoms with Crippen LogP contribution in [-0.4, -0.2) is 30.6 Å². The Morgan fingerprint density at radius 3 is 2.64 bits per heavy atom. The van der Waals surface area contributed by atoms with Gasteiger partial charge < -0.3 is 9.47 Å². The Bertz CT molecular complexity index is 669. The minimum Gasteiger partial charge on any atom is -0.454 e. The molecule has 0 fully saturated rings. The molecule has 4 heteroatoms. The van der Waals surface area contributed by atoms with Crippen molar-refractivity contribution in [3.63, 3.8) is 0 Å². The average molecular weight is 297 g/mol. The summed E-state index contributed by atoms with van der Waals surface area (Å²) in [5, 5.41) is 0. The lowest BCUT2D eigenvalue weighted by Gasteiger charge is -2.23. The molecule has 1 unspecified atom stereocenters. The number of likely N-dealkylation sites (N-methyl/N-ethyl adjacent to an activating group) is 1. The standard InChI is InChI=1S/C18H19NO3/c1-13(19(2)11-14-6-4-3-5-7-14)18(20)15-8-9-16-17(10-15)22-12-21-16/h3-10,13H,11-12H2,1-2H3. The molecule has 1 atom stereocenters. The van der Waals surface area contributed by atoms with E-state index in [1.165, 1.54) is 5.56 Å². The Kier molecular flexibility index (Phi) is 4.11. The lowest BCUT2D eigenvalue weighted by Crippen LogP contribution is -2.35. The maximum Gasteiger partial charge on any atom is 0.231 e. The topological polar surface area (TPSA) is 38.8 Å². The molecule has 3 rings (SSSR count). The second-order valence-corrected chi connectivity index (χ2v) is 5.51. The summed E-state index contributed by atoms with van der Waals surface area (Å²) in [7, 11) is 1.96. The van der Waals surface area contributed by atoms with Crippen LogP contribution in [0.2, 0.25) is 0 Å². The Morgan fingerprint density at radius 2 is 1.86 bits per heavy atom. The third-order valence-corrected chi connectivity index (χ3v) is 3.97. The number of ether oxygens (including phenoxy) is 2. The third kappa shape index (κ3) is 2.97. The van der Waals surface area contributed by atoms with Crippen molar-refractivity contribution in [2.45, 2.75) is 19.5 Å². The van der Waals surface area contributed by atoms with E-state index in [9.17, 15) is 4.79 Å². The van der Waals surface area contributed by atoms with E-state index in [2.05, 4.69) is 12.1 Å². The van der Waals surface area contributed by atoms with Gasteiger partial charge in [0.25, 0.3) is 0 Å². The van der Waals surface area contributed by atoms with Crippen molar-refractivity contribution in [2.24, 2.45) is 0 Å². The van der Waals surface area contributed by atoms with Gasteiger partial charge in [0.15, 0.2) is 17.3 Å². The van der Waals surface area contributed by atoms with Gasteiger partial charge in [0, 0.05) is 12.1 Å². The van der Waals surface area contributed by atoms with E-state index in [1.54, 1.807) is 18.2 Å². The predicted molar refractivity (Wildman–Crippen MR) is 84.3 cm³/mol. The summed E-state index contributed by atoms with van der Waals surface area (Å²) >= 11 is 0. The fraction of sp³-hybridized carbons (Fsp3) is 0.278. The molecule has 1 aliphatic heterocycles. The van der Waals surface area contributed by atoms with E-state index in [4.69, 9.17) is 9.47 Å². The SMILES string of the molecule is CC(C(=O)c1ccc2c(c1)OCO2)N(C)Cc1ccccc1. The second kappa shape index (κ2) is 6.20. The number of benzene rings is 2. The zero-order chi connectivity index (χ0) is 15.5. The number of rotatable bonds is 5. The van der Waals surface area contributed by atoms with Crippen molar-refractivity contribution >= 4 is 5.78 Å². The Morgan fingerprint density at radius 1 is 1.14 bits per heavy atom. The Labute approximate surface area is 130 Å². The molecule has 1 heterocycles. The number of fused-ring (bicyclic) bond motifs is 1. The van der Waals surface area contributed by atoms with E-state index in [0.717, 1.165) is 6.54 Å². The Balaban J connectivity index is 1.71. The van der Waals surface area contributed by atoms with Gasteiger partial charge in [0.05, 0.1) is 6.04 Å². The highest BCUT2D eigenvalue weighted by atomic mass is 16.7. The van der Waals surface area contributed by atoms with Crippen LogP contribution in [0, 0.1) is 0 Å². The molecule has 1 aliphatic rings. The zero-order valence-corrected chi connectivity index (χ0v) is 12.8. The summed E-state index contributed by atoms with van der Waals surface area (Å²) < 4.78 is 10.6. The normalized spacial score (nSPS) is 14.1. The van der Waals surface area contributed by atoms with E-state index < -0.39 is 0 Å². The molecule has 0 radical (unpaired) electrons. The lowest BCUT2D eigenvalue weighted by molar-refractivity contribution is 0.0861. The molecule has 22 heavy (non-hydrogen) atoms. The van der Waals surface area contributed by atoms with Gasteiger partial charge in [-0.3, -0.25) is 9.69 Å². The van der Waals surface area contributed by atoms with Gasteiger partial charge in [-0.2, -0.15) is 0 Å². The van der Waals surface area contributed by atoms with Crippen molar-refractivity contribution in [1.82, 2.24) is 4.90 Å². The second-order valence-electron chi connectivity index (χ2n) is 5.51. The summed E-state index contributed by atoms with van der Waals surface area (Å²) in [6, 6.07) is 15.3. The smallest absolute Gasteiger partial charge is 0.231 e. The van der Waals surface area contributed by atoms with Gasteiger partial charge in [-0.1, -0.05) is 30.3 Å². The van der Waals surface area contributed by atoms with E-state index >= 15 is 0 Å². The van der Waals surface area contributed by atoms with Crippen LogP contribution >= 0.6 is 0 Å². The van der Waals surface area contributed by atoms with Crippen molar-refractivity contribution in [1.29, 1.82) is 0 Å². The maximum absolute atomic E-state index is 12.6. The fourth-order valence-electron chi connectivity index (χ4n) is 2.50. The molecule has 114 valence electrons. The molecular formula is C18H19NO3. The summed E-state index contributed by atoms with van der Waals surface area (Å²) in [5.74, 6) is 1.42. The highest BCUT2D eigenvalue weighted by Gasteiger charge is 2.22. The van der Waals surface area contributed by atoms with E-state index in [0.29, 0.717) is 17.1 Å². The van der Waals surface area contributed by atoms with Crippen LogP contribution in [0.3, 0.4) is 0 Å². The van der Waals surface area contributed by atoms with Crippen molar-refractivity contribution < 1.29 is 14.3 Å². The molecule has 2 aromatic rings. The van der Waals surface area contributed by atoms with Crippen molar-refractivity contribution in [3.05, 3.63) is 59.7 Å². The number of carbonyl (C=O) groups excluding carboxylic acids is 1. The predicted octanol–water partition coefficient (Wildman–Crippen LogP) is 3.12. The van der Waals surface area contributed by atoms with Crippen LogP contribution in [0.5, 0.6) is 11.5 Å². The first-order valence-electron chi connectivity index (χ1n) is 7.33. The molecular weight excluding hydrogens is 278 g/mol. The van der Waals surface area contributed by atoms with Crippen molar-refractivity contribution in [3.8, 4) is 11.5 Å². The summed E-state index contributed by atoms with van der Waals surface area (Å²) in [6.07, 6.45) is 0. The lowest BCUT2D eigenvalue weighted by atomic mass is 10.0. The maximum atomic E-state index is 12.6. The third-order valence-electron chi connectivity index (χ3n) is 3.97. The average Bonchev–Trinajstić information content (AvgIpc) is 3.02. The first-order chi connectivity index (χ1) is 10.6. The molecule has 0 amide bonds. The first-order valence-corrected chi connectivity index (χ1v) is 7.33. The van der Waals surface area contributed by atoms with Crippen LogP contribution in [-0.2, 0) is 6.54 Å². The number of hydrogen-bond donors (Lipinski definition) is 0. The molecule has 0 bridgehead atoms. The summed E-state index contributed by atoms with van der Waals surface area (Å²) in [6.45, 7) is 2.88. The van der Waals surface area contributed by atoms with E-state index in [-0.39, 0.29) is 18.6 Å². The quantitative estimate of drug-likeness (QED) is 0.795. The largest absolute Gasteiger partial charge is 0.454 e. The van der Waals surface area contributed by atoms with Gasteiger partial charge in [-0.15, -0.1) is 0 Å². The van der Waals surface area contributed by atoms with Crippen LogP contribution < -0.4 is 9.47 Å². The molecule has 0 saturated heterocycles. The van der Waals surface area contributed by atoms with Crippen molar-refractivity contribution in [2.75, 3.05) is 13.8 Å². The first kappa shape index (κ1) is 14.6. The highest BCUT2D eigenvalue weighted by Crippen LogP contribution is 2.33. The highest BCUT2D eigenvalue weighted by molar-refractivity contribution is 6.00. The van der Waals surface area contributed by atoms with Crippen LogP contribution in [0.25, 0.3) is 0 Å². The van der Waals surface area contributed by atoms with Gasteiger partial charge in [-0.05, 0) is 37.7 Å². The molecule has 0 aromatic heterocycles. The Hall–Kier alpha value is -2.33. The van der Waals surface area contributed by atoms with E-state index in [1.807, 2.05) is 37.1 Å². The summed E-state index contributed by atoms with van der Waals surface area (Å²) in [4.78, 5) is 14.7. The molecule has 0 aliphatic carbocycles. The number of Topliss-reactive ketones (excluding diaryl/α,β-unsaturated/α-hetero) is 1.